The number of rotatable bonds is 8. The largest absolute Gasteiger partial charge is 0.383 e. The maximum Gasteiger partial charge on any atom is 0.327 e. The Morgan fingerprint density at radius 2 is 2.10 bits per heavy atom. The van der Waals surface area contributed by atoms with Gasteiger partial charge in [-0.2, -0.15) is 4.39 Å². The minimum Gasteiger partial charge on any atom is -0.383 e. The van der Waals surface area contributed by atoms with Crippen LogP contribution in [0.2, 0.25) is 0 Å². The van der Waals surface area contributed by atoms with Gasteiger partial charge in [0.1, 0.15) is 11.5 Å². The third-order valence-corrected chi connectivity index (χ3v) is 2.51. The number of halogens is 2. The lowest BCUT2D eigenvalue weighted by Crippen LogP contribution is -2.28. The van der Waals surface area contributed by atoms with Crippen molar-refractivity contribution in [1.29, 1.82) is 0 Å². The molecule has 0 aliphatic heterocycles. The van der Waals surface area contributed by atoms with E-state index in [4.69, 9.17) is 4.74 Å². The summed E-state index contributed by atoms with van der Waals surface area (Å²) in [5.41, 5.74) is -1.15. The number of amides is 1. The van der Waals surface area contributed by atoms with Gasteiger partial charge in [0.15, 0.2) is 0 Å². The zero-order valence-corrected chi connectivity index (χ0v) is 11.3. The number of benzene rings is 1. The average Bonchev–Trinajstić information content (AvgIpc) is 2.37. The molecule has 1 rings (SSSR count). The van der Waals surface area contributed by atoms with Crippen LogP contribution in [0.25, 0.3) is 0 Å². The van der Waals surface area contributed by atoms with Gasteiger partial charge in [-0.15, -0.1) is 0 Å². The Morgan fingerprint density at radius 3 is 2.71 bits per heavy atom. The molecule has 116 valence electrons. The molecule has 0 atom stereocenters. The molecular weight excluding hydrogens is 288 g/mol. The van der Waals surface area contributed by atoms with Crippen LogP contribution in [0.5, 0.6) is 0 Å². The van der Waals surface area contributed by atoms with Gasteiger partial charge in [0.25, 0.3) is 0 Å². The first-order valence-corrected chi connectivity index (χ1v) is 6.08. The maximum absolute atomic E-state index is 13.3. The number of nitrogens with one attached hydrogen (secondary N) is 2. The molecule has 0 aromatic heterocycles. The number of ether oxygens (including phenoxy) is 1. The van der Waals surface area contributed by atoms with Gasteiger partial charge >= 0.3 is 5.69 Å². The molecule has 1 aromatic carbocycles. The third-order valence-electron chi connectivity index (χ3n) is 2.51. The Morgan fingerprint density at radius 1 is 1.38 bits per heavy atom. The normalized spacial score (nSPS) is 10.2. The molecular formula is C12H15F2N3O4. The van der Waals surface area contributed by atoms with Crippen LogP contribution in [0.1, 0.15) is 6.42 Å². The van der Waals surface area contributed by atoms with Crippen molar-refractivity contribution in [2.75, 3.05) is 32.1 Å². The predicted molar refractivity (Wildman–Crippen MR) is 71.0 cm³/mol. The minimum absolute atomic E-state index is 0.000991. The molecule has 2 N–H and O–H groups in total. The summed E-state index contributed by atoms with van der Waals surface area (Å²) in [6.07, 6.45) is -0.000991. The van der Waals surface area contributed by atoms with E-state index in [1.807, 2.05) is 0 Å². The van der Waals surface area contributed by atoms with E-state index in [9.17, 15) is 23.7 Å². The summed E-state index contributed by atoms with van der Waals surface area (Å²) in [7, 11) is 1.49. The van der Waals surface area contributed by atoms with Crippen molar-refractivity contribution in [3.8, 4) is 0 Å². The fourth-order valence-corrected chi connectivity index (χ4v) is 1.58. The molecule has 0 bridgehead atoms. The van der Waals surface area contributed by atoms with Crippen LogP contribution in [0.3, 0.4) is 0 Å². The van der Waals surface area contributed by atoms with Gasteiger partial charge in [0, 0.05) is 38.8 Å². The van der Waals surface area contributed by atoms with Crippen LogP contribution in [0, 0.1) is 21.7 Å². The fourth-order valence-electron chi connectivity index (χ4n) is 1.58. The van der Waals surface area contributed by atoms with Crippen molar-refractivity contribution in [3.63, 3.8) is 0 Å². The van der Waals surface area contributed by atoms with E-state index in [0.29, 0.717) is 19.2 Å². The second-order valence-corrected chi connectivity index (χ2v) is 4.06. The number of methoxy groups -OCH3 is 1. The van der Waals surface area contributed by atoms with Crippen molar-refractivity contribution < 1.29 is 23.2 Å². The molecule has 21 heavy (non-hydrogen) atoms. The highest BCUT2D eigenvalue weighted by Crippen LogP contribution is 2.28. The summed E-state index contributed by atoms with van der Waals surface area (Å²) in [6, 6.07) is 1.24. The summed E-state index contributed by atoms with van der Waals surface area (Å²) >= 11 is 0. The molecule has 1 amide bonds. The van der Waals surface area contributed by atoms with Crippen LogP contribution < -0.4 is 10.6 Å². The van der Waals surface area contributed by atoms with Crippen molar-refractivity contribution in [2.45, 2.75) is 6.42 Å². The number of hydrogen-bond donors (Lipinski definition) is 2. The van der Waals surface area contributed by atoms with Gasteiger partial charge in [-0.1, -0.05) is 0 Å². The van der Waals surface area contributed by atoms with Crippen molar-refractivity contribution in [3.05, 3.63) is 33.9 Å². The summed E-state index contributed by atoms with van der Waals surface area (Å²) in [4.78, 5) is 21.2. The van der Waals surface area contributed by atoms with Gasteiger partial charge in [-0.25, -0.2) is 4.39 Å². The van der Waals surface area contributed by atoms with E-state index in [0.717, 1.165) is 6.07 Å². The van der Waals surface area contributed by atoms with E-state index in [1.165, 1.54) is 7.11 Å². The fraction of sp³-hybridized carbons (Fsp3) is 0.417. The highest BCUT2D eigenvalue weighted by Gasteiger charge is 2.21. The number of nitro benzene ring substituents is 1. The van der Waals surface area contributed by atoms with Crippen LogP contribution in [0.15, 0.2) is 12.1 Å². The topological polar surface area (TPSA) is 93.5 Å². The highest BCUT2D eigenvalue weighted by molar-refractivity contribution is 5.76. The molecule has 0 heterocycles. The average molecular weight is 303 g/mol. The number of hydrogen-bond acceptors (Lipinski definition) is 5. The zero-order valence-electron chi connectivity index (χ0n) is 11.3. The number of anilines is 1. The van der Waals surface area contributed by atoms with Gasteiger partial charge < -0.3 is 15.4 Å². The van der Waals surface area contributed by atoms with E-state index in [-0.39, 0.29) is 24.6 Å². The first-order valence-electron chi connectivity index (χ1n) is 6.08. The van der Waals surface area contributed by atoms with Crippen LogP contribution in [-0.2, 0) is 9.53 Å². The smallest absolute Gasteiger partial charge is 0.327 e. The SMILES string of the molecule is COCCNC(=O)CCNc1cc(F)cc(F)c1[N+](=O)[O-]. The predicted octanol–water partition coefficient (Wildman–Crippen LogP) is 1.44. The molecule has 0 unspecified atom stereocenters. The van der Waals surface area contributed by atoms with Crippen molar-refractivity contribution in [1.82, 2.24) is 5.32 Å². The Balaban J connectivity index is 2.59. The van der Waals surface area contributed by atoms with Crippen molar-refractivity contribution in [2.24, 2.45) is 0 Å². The lowest BCUT2D eigenvalue weighted by Gasteiger charge is -2.08. The lowest BCUT2D eigenvalue weighted by molar-refractivity contribution is -0.386. The Kier molecular flexibility index (Phi) is 6.47. The maximum atomic E-state index is 13.3. The van der Waals surface area contributed by atoms with E-state index in [2.05, 4.69) is 10.6 Å². The molecule has 9 heteroatoms. The van der Waals surface area contributed by atoms with E-state index in [1.54, 1.807) is 0 Å². The molecule has 0 saturated carbocycles. The molecule has 0 saturated heterocycles. The summed E-state index contributed by atoms with van der Waals surface area (Å²) in [6.45, 7) is 0.701. The number of nitro groups is 1. The molecule has 0 spiro atoms. The minimum atomic E-state index is -1.27. The summed E-state index contributed by atoms with van der Waals surface area (Å²) in [5.74, 6) is -2.52. The molecule has 0 fully saturated rings. The number of nitrogens with zero attached hydrogens (tertiary/aromatic N) is 1. The Bertz CT molecular complexity index is 525. The molecule has 0 aliphatic carbocycles. The second kappa shape index (κ2) is 8.10. The van der Waals surface area contributed by atoms with Crippen molar-refractivity contribution >= 4 is 17.3 Å². The molecule has 1 aromatic rings. The summed E-state index contributed by atoms with van der Waals surface area (Å²) < 4.78 is 31.2. The van der Waals surface area contributed by atoms with Gasteiger partial charge in [-0.3, -0.25) is 14.9 Å². The monoisotopic (exact) mass is 303 g/mol. The first kappa shape index (κ1) is 16.8. The molecule has 0 radical (unpaired) electrons. The molecule has 0 aliphatic rings. The number of carbonyl (C=O) groups excluding carboxylic acids is 1. The van der Waals surface area contributed by atoms with Crippen LogP contribution in [0.4, 0.5) is 20.2 Å². The highest BCUT2D eigenvalue weighted by atomic mass is 19.1. The summed E-state index contributed by atoms with van der Waals surface area (Å²) in [5, 5.41) is 15.8. The Labute approximate surface area is 119 Å². The third kappa shape index (κ3) is 5.30. The zero-order chi connectivity index (χ0) is 15.8. The Hall–Kier alpha value is -2.29. The number of carbonyl (C=O) groups is 1. The van der Waals surface area contributed by atoms with Crippen LogP contribution in [-0.4, -0.2) is 37.6 Å². The quantitative estimate of drug-likeness (QED) is 0.430. The van der Waals surface area contributed by atoms with Gasteiger partial charge in [0.2, 0.25) is 11.7 Å². The van der Waals surface area contributed by atoms with Gasteiger partial charge in [0.05, 0.1) is 11.5 Å². The molecule has 7 nitrogen and oxygen atoms in total. The second-order valence-electron chi connectivity index (χ2n) is 4.06. The standard InChI is InChI=1S/C12H15F2N3O4/c1-21-5-4-16-11(18)2-3-15-10-7-8(13)6-9(14)12(10)17(19)20/h6-7,15H,2-5H2,1H3,(H,16,18). The first-order chi connectivity index (χ1) is 9.95. The van der Waals surface area contributed by atoms with Gasteiger partial charge in [-0.05, 0) is 0 Å². The van der Waals surface area contributed by atoms with E-state index < -0.39 is 22.2 Å². The lowest BCUT2D eigenvalue weighted by atomic mass is 10.2. The van der Waals surface area contributed by atoms with E-state index >= 15 is 0 Å². The van der Waals surface area contributed by atoms with Crippen LogP contribution >= 0.6 is 0 Å².